The maximum absolute atomic E-state index is 5.99. The molecular formula is C18H25NO. The van der Waals surface area contributed by atoms with E-state index in [9.17, 15) is 0 Å². The van der Waals surface area contributed by atoms with Crippen molar-refractivity contribution in [1.82, 2.24) is 5.32 Å². The lowest BCUT2D eigenvalue weighted by molar-refractivity contribution is 0.222. The first-order chi connectivity index (χ1) is 9.74. The normalized spacial score (nSPS) is 14.2. The van der Waals surface area contributed by atoms with Crippen LogP contribution in [0, 0.1) is 5.92 Å². The molecule has 0 bridgehead atoms. The fourth-order valence-corrected chi connectivity index (χ4v) is 2.41. The van der Waals surface area contributed by atoms with Crippen molar-refractivity contribution in [1.29, 1.82) is 0 Å². The molecule has 0 aromatic heterocycles. The van der Waals surface area contributed by atoms with Crippen molar-refractivity contribution in [3.63, 3.8) is 0 Å². The van der Waals surface area contributed by atoms with E-state index in [0.717, 1.165) is 18.9 Å². The van der Waals surface area contributed by atoms with Gasteiger partial charge in [-0.2, -0.15) is 0 Å². The van der Waals surface area contributed by atoms with Gasteiger partial charge in [0.1, 0.15) is 12.4 Å². The number of hydrogen-bond donors (Lipinski definition) is 1. The van der Waals surface area contributed by atoms with Gasteiger partial charge in [0.2, 0.25) is 0 Å². The molecule has 2 aromatic rings. The third kappa shape index (κ3) is 3.73. The minimum atomic E-state index is 0.413. The van der Waals surface area contributed by atoms with Gasteiger partial charge in [0.25, 0.3) is 0 Å². The van der Waals surface area contributed by atoms with Crippen LogP contribution in [0.1, 0.15) is 27.2 Å². The van der Waals surface area contributed by atoms with E-state index in [0.29, 0.717) is 12.0 Å². The Bertz CT molecular complexity index is 538. The molecule has 2 aromatic carbocycles. The van der Waals surface area contributed by atoms with Gasteiger partial charge in [-0.3, -0.25) is 0 Å². The number of nitrogens with one attached hydrogen (secondary N) is 1. The lowest BCUT2D eigenvalue weighted by atomic mass is 10.00. The molecule has 1 N–H and O–H groups in total. The summed E-state index contributed by atoms with van der Waals surface area (Å²) in [6.07, 6.45) is 1.17. The van der Waals surface area contributed by atoms with E-state index in [1.165, 1.54) is 17.2 Å². The molecule has 0 heterocycles. The molecule has 0 saturated carbocycles. The largest absolute Gasteiger partial charge is 0.492 e. The topological polar surface area (TPSA) is 21.3 Å². The molecule has 2 nitrogen and oxygen atoms in total. The fraction of sp³-hybridized carbons (Fsp3) is 0.444. The van der Waals surface area contributed by atoms with Crippen LogP contribution >= 0.6 is 0 Å². The van der Waals surface area contributed by atoms with Crippen LogP contribution < -0.4 is 10.1 Å². The number of likely N-dealkylation sites (N-methyl/N-ethyl adjacent to an activating group) is 1. The van der Waals surface area contributed by atoms with Gasteiger partial charge in [-0.25, -0.2) is 0 Å². The van der Waals surface area contributed by atoms with Crippen LogP contribution in [0.2, 0.25) is 0 Å². The molecule has 0 spiro atoms. The smallest absolute Gasteiger partial charge is 0.120 e. The molecule has 108 valence electrons. The second-order valence-electron chi connectivity index (χ2n) is 5.37. The van der Waals surface area contributed by atoms with Crippen LogP contribution in [0.3, 0.4) is 0 Å². The number of fused-ring (bicyclic) bond motifs is 1. The van der Waals surface area contributed by atoms with Crippen LogP contribution in [-0.2, 0) is 0 Å². The van der Waals surface area contributed by atoms with Crippen LogP contribution in [-0.4, -0.2) is 19.2 Å². The van der Waals surface area contributed by atoms with E-state index in [1.807, 2.05) is 0 Å². The zero-order valence-corrected chi connectivity index (χ0v) is 12.7. The van der Waals surface area contributed by atoms with E-state index in [2.05, 4.69) is 68.6 Å². The van der Waals surface area contributed by atoms with Crippen LogP contribution in [0.4, 0.5) is 0 Å². The van der Waals surface area contributed by atoms with E-state index in [-0.39, 0.29) is 0 Å². The molecule has 2 atom stereocenters. The van der Waals surface area contributed by atoms with Crippen LogP contribution in [0.25, 0.3) is 10.8 Å². The molecule has 2 heteroatoms. The lowest BCUT2D eigenvalue weighted by Crippen LogP contribution is -2.39. The molecule has 0 aliphatic carbocycles. The minimum absolute atomic E-state index is 0.413. The van der Waals surface area contributed by atoms with E-state index < -0.39 is 0 Å². The van der Waals surface area contributed by atoms with E-state index in [1.54, 1.807) is 0 Å². The molecular weight excluding hydrogens is 246 g/mol. The zero-order valence-electron chi connectivity index (χ0n) is 12.7. The Morgan fingerprint density at radius 2 is 1.80 bits per heavy atom. The molecule has 0 amide bonds. The zero-order chi connectivity index (χ0) is 14.4. The Morgan fingerprint density at radius 1 is 1.05 bits per heavy atom. The third-order valence-electron chi connectivity index (χ3n) is 3.95. The van der Waals surface area contributed by atoms with E-state index >= 15 is 0 Å². The Kier molecular flexibility index (Phi) is 5.42. The minimum Gasteiger partial charge on any atom is -0.492 e. The van der Waals surface area contributed by atoms with Crippen molar-refractivity contribution in [3.05, 3.63) is 42.5 Å². The average Bonchev–Trinajstić information content (AvgIpc) is 2.50. The fourth-order valence-electron chi connectivity index (χ4n) is 2.41. The Hall–Kier alpha value is -1.54. The van der Waals surface area contributed by atoms with Crippen molar-refractivity contribution in [3.8, 4) is 5.75 Å². The molecule has 0 fully saturated rings. The Morgan fingerprint density at radius 3 is 2.50 bits per heavy atom. The molecule has 20 heavy (non-hydrogen) atoms. The molecule has 0 aliphatic rings. The Balaban J connectivity index is 2.03. The summed E-state index contributed by atoms with van der Waals surface area (Å²) >= 11 is 0. The average molecular weight is 271 g/mol. The van der Waals surface area contributed by atoms with Crippen molar-refractivity contribution in [2.24, 2.45) is 5.92 Å². The maximum Gasteiger partial charge on any atom is 0.120 e. The van der Waals surface area contributed by atoms with Crippen molar-refractivity contribution in [2.45, 2.75) is 33.2 Å². The summed E-state index contributed by atoms with van der Waals surface area (Å²) in [4.78, 5) is 0. The van der Waals surface area contributed by atoms with Gasteiger partial charge in [0.05, 0.1) is 0 Å². The number of benzene rings is 2. The van der Waals surface area contributed by atoms with E-state index in [4.69, 9.17) is 4.74 Å². The summed E-state index contributed by atoms with van der Waals surface area (Å²) < 4.78 is 5.99. The summed E-state index contributed by atoms with van der Waals surface area (Å²) in [7, 11) is 0. The highest BCUT2D eigenvalue weighted by molar-refractivity contribution is 5.83. The standard InChI is InChI=1S/C18H25NO/c1-4-14(3)18(19-5-2)13-20-17-11-10-15-8-6-7-9-16(15)12-17/h6-12,14,18-19H,4-5,13H2,1-3H3. The molecule has 0 aliphatic heterocycles. The third-order valence-corrected chi connectivity index (χ3v) is 3.95. The van der Waals surface area contributed by atoms with Gasteiger partial charge in [0, 0.05) is 6.04 Å². The molecule has 0 saturated heterocycles. The number of hydrogen-bond acceptors (Lipinski definition) is 2. The predicted molar refractivity (Wildman–Crippen MR) is 86.4 cm³/mol. The maximum atomic E-state index is 5.99. The van der Waals surface area contributed by atoms with Crippen molar-refractivity contribution in [2.75, 3.05) is 13.2 Å². The summed E-state index contributed by atoms with van der Waals surface area (Å²) in [6, 6.07) is 15.1. The first-order valence-corrected chi connectivity index (χ1v) is 7.59. The number of rotatable bonds is 7. The highest BCUT2D eigenvalue weighted by atomic mass is 16.5. The van der Waals surface area contributed by atoms with Crippen LogP contribution in [0.15, 0.2) is 42.5 Å². The quantitative estimate of drug-likeness (QED) is 0.813. The van der Waals surface area contributed by atoms with Crippen molar-refractivity contribution < 1.29 is 4.74 Å². The van der Waals surface area contributed by atoms with Gasteiger partial charge in [-0.05, 0) is 35.4 Å². The SMILES string of the molecule is CCNC(COc1ccc2ccccc2c1)C(C)CC. The van der Waals surface area contributed by atoms with Gasteiger partial charge >= 0.3 is 0 Å². The Labute approximate surface area is 122 Å². The molecule has 2 rings (SSSR count). The van der Waals surface area contributed by atoms with Crippen molar-refractivity contribution >= 4 is 10.8 Å². The summed E-state index contributed by atoms with van der Waals surface area (Å²) in [5, 5.41) is 6.00. The lowest BCUT2D eigenvalue weighted by Gasteiger charge is -2.24. The highest BCUT2D eigenvalue weighted by Crippen LogP contribution is 2.21. The summed E-state index contributed by atoms with van der Waals surface area (Å²) in [6.45, 7) is 8.35. The molecule has 0 radical (unpaired) electrons. The first-order valence-electron chi connectivity index (χ1n) is 7.59. The molecule has 2 unspecified atom stereocenters. The first kappa shape index (κ1) is 14.9. The van der Waals surface area contributed by atoms with Gasteiger partial charge in [0.15, 0.2) is 0 Å². The summed E-state index contributed by atoms with van der Waals surface area (Å²) in [5.74, 6) is 1.57. The highest BCUT2D eigenvalue weighted by Gasteiger charge is 2.15. The van der Waals surface area contributed by atoms with Crippen LogP contribution in [0.5, 0.6) is 5.75 Å². The summed E-state index contributed by atoms with van der Waals surface area (Å²) in [5.41, 5.74) is 0. The van der Waals surface area contributed by atoms with Gasteiger partial charge in [-0.15, -0.1) is 0 Å². The second kappa shape index (κ2) is 7.30. The predicted octanol–water partition coefficient (Wildman–Crippen LogP) is 4.24. The monoisotopic (exact) mass is 271 g/mol. The van der Waals surface area contributed by atoms with Gasteiger partial charge in [-0.1, -0.05) is 57.5 Å². The van der Waals surface area contributed by atoms with Gasteiger partial charge < -0.3 is 10.1 Å². The number of ether oxygens (including phenoxy) is 1. The second-order valence-corrected chi connectivity index (χ2v) is 5.37.